The van der Waals surface area contributed by atoms with Crippen LogP contribution in [0.5, 0.6) is 0 Å². The average Bonchev–Trinajstić information content (AvgIpc) is 3.31. The van der Waals surface area contributed by atoms with Crippen LogP contribution in [-0.2, 0) is 16.1 Å². The van der Waals surface area contributed by atoms with Crippen LogP contribution in [0.4, 0.5) is 0 Å². The fraction of sp³-hybridized carbons (Fsp3) is 0.556. The second-order valence-electron chi connectivity index (χ2n) is 6.68. The number of hydrogen-bond acceptors (Lipinski definition) is 3. The van der Waals surface area contributed by atoms with E-state index in [1.165, 1.54) is 0 Å². The predicted octanol–water partition coefficient (Wildman–Crippen LogP) is 1.10. The second-order valence-corrected chi connectivity index (χ2v) is 6.68. The predicted molar refractivity (Wildman–Crippen MR) is 88.6 cm³/mol. The number of piperazine rings is 1. The first kappa shape index (κ1) is 16.0. The molecular weight excluding hydrogens is 290 g/mol. The summed E-state index contributed by atoms with van der Waals surface area (Å²) >= 11 is 0. The Kier molecular flexibility index (Phi) is 4.96. The minimum absolute atomic E-state index is 0.0458. The van der Waals surface area contributed by atoms with Crippen LogP contribution in [0.25, 0.3) is 0 Å². The van der Waals surface area contributed by atoms with Gasteiger partial charge in [0.1, 0.15) is 0 Å². The number of amides is 2. The van der Waals surface area contributed by atoms with Gasteiger partial charge in [0.2, 0.25) is 11.8 Å². The zero-order chi connectivity index (χ0) is 16.2. The van der Waals surface area contributed by atoms with Gasteiger partial charge in [0.05, 0.1) is 6.54 Å². The summed E-state index contributed by atoms with van der Waals surface area (Å²) in [6.07, 6.45) is 1.04. The summed E-state index contributed by atoms with van der Waals surface area (Å²) in [6, 6.07) is 9.92. The molecule has 2 amide bonds. The molecule has 124 valence electrons. The summed E-state index contributed by atoms with van der Waals surface area (Å²) in [5, 5.41) is 2.95. The normalized spacial score (nSPS) is 24.3. The van der Waals surface area contributed by atoms with E-state index in [0.717, 1.165) is 38.2 Å². The van der Waals surface area contributed by atoms with Gasteiger partial charge in [-0.1, -0.05) is 37.3 Å². The minimum atomic E-state index is 0.0458. The first-order valence-electron chi connectivity index (χ1n) is 8.45. The van der Waals surface area contributed by atoms with Gasteiger partial charge in [0.15, 0.2) is 0 Å². The van der Waals surface area contributed by atoms with Crippen LogP contribution < -0.4 is 5.32 Å². The van der Waals surface area contributed by atoms with Gasteiger partial charge in [-0.3, -0.25) is 14.5 Å². The van der Waals surface area contributed by atoms with E-state index in [2.05, 4.69) is 17.1 Å². The summed E-state index contributed by atoms with van der Waals surface area (Å²) in [5.41, 5.74) is 1.11. The quantitative estimate of drug-likeness (QED) is 0.885. The van der Waals surface area contributed by atoms with Crippen LogP contribution in [0.1, 0.15) is 18.9 Å². The Balaban J connectivity index is 1.37. The van der Waals surface area contributed by atoms with Crippen molar-refractivity contribution in [1.82, 2.24) is 15.1 Å². The highest BCUT2D eigenvalue weighted by Crippen LogP contribution is 2.39. The molecule has 0 aromatic heterocycles. The van der Waals surface area contributed by atoms with E-state index < -0.39 is 0 Å². The van der Waals surface area contributed by atoms with Crippen LogP contribution >= 0.6 is 0 Å². The molecule has 1 aliphatic carbocycles. The van der Waals surface area contributed by atoms with E-state index in [1.807, 2.05) is 35.2 Å². The number of nitrogens with one attached hydrogen (secondary N) is 1. The zero-order valence-corrected chi connectivity index (χ0v) is 13.7. The fourth-order valence-electron chi connectivity index (χ4n) is 3.08. The van der Waals surface area contributed by atoms with Gasteiger partial charge >= 0.3 is 0 Å². The monoisotopic (exact) mass is 315 g/mol. The van der Waals surface area contributed by atoms with E-state index in [9.17, 15) is 9.59 Å². The molecule has 0 spiro atoms. The van der Waals surface area contributed by atoms with E-state index in [4.69, 9.17) is 0 Å². The summed E-state index contributed by atoms with van der Waals surface area (Å²) < 4.78 is 0. The number of carbonyl (C=O) groups excluding carboxylic acids is 2. The lowest BCUT2D eigenvalue weighted by Crippen LogP contribution is -2.51. The molecule has 0 radical (unpaired) electrons. The standard InChI is InChI=1S/C18H25N3O2/c1-14-11-16(14)18(23)21-9-7-20(8-10-21)13-17(22)19-12-15-5-3-2-4-6-15/h2-6,14,16H,7-13H2,1H3,(H,19,22)/t14-,16-/m0/s1. The lowest BCUT2D eigenvalue weighted by atomic mass is 10.2. The molecule has 23 heavy (non-hydrogen) atoms. The second kappa shape index (κ2) is 7.13. The van der Waals surface area contributed by atoms with Gasteiger partial charge < -0.3 is 10.2 Å². The molecule has 1 aromatic carbocycles. The van der Waals surface area contributed by atoms with Crippen molar-refractivity contribution >= 4 is 11.8 Å². The molecule has 1 aliphatic heterocycles. The third-order valence-electron chi connectivity index (χ3n) is 4.81. The zero-order valence-electron chi connectivity index (χ0n) is 13.7. The molecular formula is C18H25N3O2. The maximum Gasteiger partial charge on any atom is 0.234 e. The van der Waals surface area contributed by atoms with Crippen LogP contribution in [0.3, 0.4) is 0 Å². The topological polar surface area (TPSA) is 52.7 Å². The molecule has 2 aliphatic rings. The number of nitrogens with zero attached hydrogens (tertiary/aromatic N) is 2. The van der Waals surface area contributed by atoms with E-state index in [-0.39, 0.29) is 11.8 Å². The van der Waals surface area contributed by atoms with Gasteiger partial charge in [0, 0.05) is 38.6 Å². The lowest BCUT2D eigenvalue weighted by Gasteiger charge is -2.34. The maximum absolute atomic E-state index is 12.2. The highest BCUT2D eigenvalue weighted by atomic mass is 16.2. The summed E-state index contributed by atoms with van der Waals surface area (Å²) in [5.74, 6) is 1.18. The summed E-state index contributed by atoms with van der Waals surface area (Å²) in [7, 11) is 0. The number of hydrogen-bond donors (Lipinski definition) is 1. The van der Waals surface area contributed by atoms with Crippen LogP contribution in [0.15, 0.2) is 30.3 Å². The van der Waals surface area contributed by atoms with Crippen molar-refractivity contribution in [2.45, 2.75) is 19.9 Å². The summed E-state index contributed by atoms with van der Waals surface area (Å²) in [4.78, 5) is 28.3. The van der Waals surface area contributed by atoms with Crippen molar-refractivity contribution in [3.63, 3.8) is 0 Å². The van der Waals surface area contributed by atoms with Crippen molar-refractivity contribution in [3.05, 3.63) is 35.9 Å². The molecule has 1 aromatic rings. The number of rotatable bonds is 5. The van der Waals surface area contributed by atoms with E-state index in [1.54, 1.807) is 0 Å². The van der Waals surface area contributed by atoms with Crippen molar-refractivity contribution < 1.29 is 9.59 Å². The molecule has 1 N–H and O–H groups in total. The van der Waals surface area contributed by atoms with Gasteiger partial charge in [-0.25, -0.2) is 0 Å². The van der Waals surface area contributed by atoms with Gasteiger partial charge in [0.25, 0.3) is 0 Å². The van der Waals surface area contributed by atoms with Crippen molar-refractivity contribution in [2.75, 3.05) is 32.7 Å². The van der Waals surface area contributed by atoms with Crippen molar-refractivity contribution in [1.29, 1.82) is 0 Å². The molecule has 0 bridgehead atoms. The lowest BCUT2D eigenvalue weighted by molar-refractivity contribution is -0.134. The number of benzene rings is 1. The maximum atomic E-state index is 12.2. The van der Waals surface area contributed by atoms with Crippen LogP contribution in [0, 0.1) is 11.8 Å². The van der Waals surface area contributed by atoms with Gasteiger partial charge in [-0.05, 0) is 17.9 Å². The molecule has 2 atom stereocenters. The Morgan fingerprint density at radius 3 is 2.39 bits per heavy atom. The molecule has 0 unspecified atom stereocenters. The minimum Gasteiger partial charge on any atom is -0.351 e. The highest BCUT2D eigenvalue weighted by molar-refractivity contribution is 5.82. The largest absolute Gasteiger partial charge is 0.351 e. The van der Waals surface area contributed by atoms with Crippen LogP contribution in [-0.4, -0.2) is 54.3 Å². The molecule has 3 rings (SSSR count). The third-order valence-corrected chi connectivity index (χ3v) is 4.81. The Morgan fingerprint density at radius 2 is 1.78 bits per heavy atom. The first-order chi connectivity index (χ1) is 11.1. The molecule has 1 heterocycles. The molecule has 2 fully saturated rings. The molecule has 1 saturated heterocycles. The first-order valence-corrected chi connectivity index (χ1v) is 8.45. The van der Waals surface area contributed by atoms with Crippen molar-refractivity contribution in [2.24, 2.45) is 11.8 Å². The molecule has 5 heteroatoms. The molecule has 5 nitrogen and oxygen atoms in total. The number of carbonyl (C=O) groups is 2. The molecule has 1 saturated carbocycles. The van der Waals surface area contributed by atoms with Crippen molar-refractivity contribution in [3.8, 4) is 0 Å². The highest BCUT2D eigenvalue weighted by Gasteiger charge is 2.41. The van der Waals surface area contributed by atoms with Crippen LogP contribution in [0.2, 0.25) is 0 Å². The summed E-state index contributed by atoms with van der Waals surface area (Å²) in [6.45, 7) is 6.17. The van der Waals surface area contributed by atoms with Gasteiger partial charge in [-0.15, -0.1) is 0 Å². The fourth-order valence-corrected chi connectivity index (χ4v) is 3.08. The van der Waals surface area contributed by atoms with Gasteiger partial charge in [-0.2, -0.15) is 0 Å². The smallest absolute Gasteiger partial charge is 0.234 e. The Bertz CT molecular complexity index is 553. The third kappa shape index (κ3) is 4.32. The van der Waals surface area contributed by atoms with E-state index >= 15 is 0 Å². The average molecular weight is 315 g/mol. The Labute approximate surface area is 137 Å². The SMILES string of the molecule is C[C@H]1C[C@@H]1C(=O)N1CCN(CC(=O)NCc2ccccc2)CC1. The Hall–Kier alpha value is -1.88. The van der Waals surface area contributed by atoms with E-state index in [0.29, 0.717) is 24.9 Å². The Morgan fingerprint density at radius 1 is 1.13 bits per heavy atom.